The van der Waals surface area contributed by atoms with Crippen LogP contribution in [0.5, 0.6) is 0 Å². The number of amides is 1. The van der Waals surface area contributed by atoms with Crippen LogP contribution < -0.4 is 10.6 Å². The van der Waals surface area contributed by atoms with Gasteiger partial charge in [-0.05, 0) is 37.3 Å². The second-order valence-corrected chi connectivity index (χ2v) is 4.96. The van der Waals surface area contributed by atoms with Crippen molar-refractivity contribution in [2.45, 2.75) is 44.7 Å². The van der Waals surface area contributed by atoms with Crippen molar-refractivity contribution in [3.05, 3.63) is 29.6 Å². The maximum absolute atomic E-state index is 10.7. The summed E-state index contributed by atoms with van der Waals surface area (Å²) in [6, 6.07) is 4.30. The summed E-state index contributed by atoms with van der Waals surface area (Å²) in [6.45, 7) is 2.62. The van der Waals surface area contributed by atoms with Gasteiger partial charge in [0.1, 0.15) is 0 Å². The van der Waals surface area contributed by atoms with Crippen molar-refractivity contribution in [2.24, 2.45) is 0 Å². The second-order valence-electron chi connectivity index (χ2n) is 4.96. The smallest absolute Gasteiger partial charge is 0.404 e. The quantitative estimate of drug-likeness (QED) is 0.760. The topological polar surface area (TPSA) is 74.2 Å². The number of hydrogen-bond acceptors (Lipinski definition) is 3. The molecule has 0 aromatic carbocycles. The molecule has 1 aliphatic rings. The van der Waals surface area contributed by atoms with E-state index < -0.39 is 6.09 Å². The van der Waals surface area contributed by atoms with E-state index in [4.69, 9.17) is 5.11 Å². The van der Waals surface area contributed by atoms with E-state index in [1.807, 2.05) is 19.2 Å². The molecular weight excluding hydrogens is 242 g/mol. The molecule has 1 aliphatic carbocycles. The summed E-state index contributed by atoms with van der Waals surface area (Å²) < 4.78 is 0. The van der Waals surface area contributed by atoms with Crippen LogP contribution in [0.2, 0.25) is 0 Å². The summed E-state index contributed by atoms with van der Waals surface area (Å²) in [5.41, 5.74) is 2.43. The van der Waals surface area contributed by atoms with Crippen LogP contribution in [0.25, 0.3) is 0 Å². The van der Waals surface area contributed by atoms with E-state index in [-0.39, 0.29) is 12.1 Å². The molecule has 1 heterocycles. The lowest BCUT2D eigenvalue weighted by Gasteiger charge is -2.27. The van der Waals surface area contributed by atoms with Gasteiger partial charge in [0.25, 0.3) is 0 Å². The molecule has 0 spiro atoms. The van der Waals surface area contributed by atoms with Crippen LogP contribution in [0.4, 0.5) is 4.79 Å². The Morgan fingerprint density at radius 3 is 3.21 bits per heavy atom. The number of nitrogens with zero attached hydrogens (tertiary/aromatic N) is 1. The lowest BCUT2D eigenvalue weighted by molar-refractivity contribution is 0.188. The minimum atomic E-state index is -0.962. The highest BCUT2D eigenvalue weighted by molar-refractivity contribution is 5.64. The van der Waals surface area contributed by atoms with Crippen molar-refractivity contribution >= 4 is 6.09 Å². The van der Waals surface area contributed by atoms with Crippen molar-refractivity contribution in [3.8, 4) is 0 Å². The summed E-state index contributed by atoms with van der Waals surface area (Å²) >= 11 is 0. The van der Waals surface area contributed by atoms with Crippen molar-refractivity contribution < 1.29 is 9.90 Å². The largest absolute Gasteiger partial charge is 0.465 e. The first-order valence-corrected chi connectivity index (χ1v) is 6.87. The molecule has 0 saturated carbocycles. The number of fused-ring (bicyclic) bond motifs is 1. The van der Waals surface area contributed by atoms with Gasteiger partial charge in [-0.3, -0.25) is 4.98 Å². The maximum atomic E-state index is 10.7. The summed E-state index contributed by atoms with van der Waals surface area (Å²) in [4.78, 5) is 15.1. The molecule has 104 valence electrons. The van der Waals surface area contributed by atoms with Gasteiger partial charge in [-0.15, -0.1) is 0 Å². The molecule has 0 radical (unpaired) electrons. The number of aryl methyl sites for hydroxylation is 1. The van der Waals surface area contributed by atoms with E-state index in [1.165, 1.54) is 5.56 Å². The molecule has 1 aromatic rings. The predicted octanol–water partition coefficient (Wildman–Crippen LogP) is 2.09. The molecule has 0 aliphatic heterocycles. The standard InChI is InChI=1S/C14H21N3O2/c1-2-11(17-14(18)19)9-16-12-7-3-5-10-6-4-8-15-13(10)12/h4,6,8,11-12,16-17H,2-3,5,7,9H2,1H3,(H,18,19). The Morgan fingerprint density at radius 2 is 2.47 bits per heavy atom. The molecule has 19 heavy (non-hydrogen) atoms. The zero-order chi connectivity index (χ0) is 13.7. The zero-order valence-corrected chi connectivity index (χ0v) is 11.2. The van der Waals surface area contributed by atoms with Gasteiger partial charge in [0.15, 0.2) is 0 Å². The van der Waals surface area contributed by atoms with Gasteiger partial charge in [0.2, 0.25) is 0 Å². The molecule has 1 aromatic heterocycles. The Balaban J connectivity index is 1.95. The Labute approximate surface area is 113 Å². The van der Waals surface area contributed by atoms with Crippen LogP contribution in [0.3, 0.4) is 0 Å². The minimum absolute atomic E-state index is 0.0495. The molecular formula is C14H21N3O2. The van der Waals surface area contributed by atoms with Gasteiger partial charge >= 0.3 is 6.09 Å². The Hall–Kier alpha value is -1.62. The normalized spacial score (nSPS) is 19.5. The molecule has 3 N–H and O–H groups in total. The van der Waals surface area contributed by atoms with Crippen molar-refractivity contribution in [1.82, 2.24) is 15.6 Å². The van der Waals surface area contributed by atoms with Gasteiger partial charge < -0.3 is 15.7 Å². The van der Waals surface area contributed by atoms with Gasteiger partial charge in [-0.25, -0.2) is 4.79 Å². The molecule has 2 atom stereocenters. The second kappa shape index (κ2) is 6.52. The number of aromatic nitrogens is 1. The van der Waals surface area contributed by atoms with Crippen molar-refractivity contribution in [3.63, 3.8) is 0 Å². The number of rotatable bonds is 5. The van der Waals surface area contributed by atoms with Gasteiger partial charge in [0.05, 0.1) is 5.69 Å². The van der Waals surface area contributed by atoms with E-state index in [2.05, 4.69) is 21.7 Å². The summed E-state index contributed by atoms with van der Waals surface area (Å²) in [5.74, 6) is 0. The summed E-state index contributed by atoms with van der Waals surface area (Å²) in [7, 11) is 0. The highest BCUT2D eigenvalue weighted by Crippen LogP contribution is 2.27. The fraction of sp³-hybridized carbons (Fsp3) is 0.571. The predicted molar refractivity (Wildman–Crippen MR) is 73.2 cm³/mol. The van der Waals surface area contributed by atoms with Crippen LogP contribution in [0.15, 0.2) is 18.3 Å². The first-order chi connectivity index (χ1) is 9.20. The Kier molecular flexibility index (Phi) is 4.74. The first kappa shape index (κ1) is 13.8. The van der Waals surface area contributed by atoms with E-state index in [0.29, 0.717) is 6.54 Å². The lowest BCUT2D eigenvalue weighted by Crippen LogP contribution is -2.42. The maximum Gasteiger partial charge on any atom is 0.404 e. The third kappa shape index (κ3) is 3.67. The molecule has 2 rings (SSSR count). The molecule has 5 nitrogen and oxygen atoms in total. The SMILES string of the molecule is CCC(CNC1CCCc2cccnc21)NC(=O)O. The van der Waals surface area contributed by atoms with E-state index >= 15 is 0 Å². The van der Waals surface area contributed by atoms with Crippen LogP contribution in [0.1, 0.15) is 43.5 Å². The summed E-state index contributed by atoms with van der Waals surface area (Å²) in [5, 5.41) is 14.7. The number of pyridine rings is 1. The molecule has 1 amide bonds. The van der Waals surface area contributed by atoms with E-state index in [0.717, 1.165) is 31.4 Å². The average molecular weight is 263 g/mol. The van der Waals surface area contributed by atoms with Crippen LogP contribution in [-0.4, -0.2) is 28.8 Å². The van der Waals surface area contributed by atoms with Crippen molar-refractivity contribution in [1.29, 1.82) is 0 Å². The highest BCUT2D eigenvalue weighted by Gasteiger charge is 2.21. The molecule has 0 fully saturated rings. The third-order valence-corrected chi connectivity index (χ3v) is 3.63. The van der Waals surface area contributed by atoms with Crippen LogP contribution in [-0.2, 0) is 6.42 Å². The Bertz CT molecular complexity index is 436. The monoisotopic (exact) mass is 263 g/mol. The fourth-order valence-electron chi connectivity index (χ4n) is 2.56. The number of carbonyl (C=O) groups is 1. The van der Waals surface area contributed by atoms with Gasteiger partial charge in [0, 0.05) is 24.8 Å². The fourth-order valence-corrected chi connectivity index (χ4v) is 2.56. The minimum Gasteiger partial charge on any atom is -0.465 e. The Morgan fingerprint density at radius 1 is 1.63 bits per heavy atom. The van der Waals surface area contributed by atoms with Gasteiger partial charge in [-0.2, -0.15) is 0 Å². The molecule has 0 saturated heterocycles. The lowest BCUT2D eigenvalue weighted by atomic mass is 9.92. The number of carboxylic acid groups (broad SMARTS) is 1. The summed E-state index contributed by atoms with van der Waals surface area (Å²) in [6.07, 6.45) is 4.95. The molecule has 0 bridgehead atoms. The number of hydrogen-bond donors (Lipinski definition) is 3. The average Bonchev–Trinajstić information content (AvgIpc) is 2.43. The van der Waals surface area contributed by atoms with E-state index in [9.17, 15) is 4.79 Å². The van der Waals surface area contributed by atoms with Gasteiger partial charge in [-0.1, -0.05) is 13.0 Å². The van der Waals surface area contributed by atoms with E-state index in [1.54, 1.807) is 0 Å². The van der Waals surface area contributed by atoms with Crippen LogP contribution in [0, 0.1) is 0 Å². The molecule has 5 heteroatoms. The first-order valence-electron chi connectivity index (χ1n) is 6.87. The highest BCUT2D eigenvalue weighted by atomic mass is 16.4. The third-order valence-electron chi connectivity index (χ3n) is 3.63. The van der Waals surface area contributed by atoms with Crippen LogP contribution >= 0.6 is 0 Å². The molecule has 2 unspecified atom stereocenters. The number of nitrogens with one attached hydrogen (secondary N) is 2. The van der Waals surface area contributed by atoms with Crippen molar-refractivity contribution in [2.75, 3.05) is 6.54 Å². The zero-order valence-electron chi connectivity index (χ0n) is 11.2.